The fraction of sp³-hybridized carbons (Fsp3) is 0.562. The molecule has 23 heavy (non-hydrogen) atoms. The van der Waals surface area contributed by atoms with Crippen LogP contribution in [-0.2, 0) is 28.9 Å². The summed E-state index contributed by atoms with van der Waals surface area (Å²) >= 11 is 3.24. The highest BCUT2D eigenvalue weighted by atomic mass is 32.2. The molecule has 0 saturated heterocycles. The molecule has 0 bridgehead atoms. The van der Waals surface area contributed by atoms with Crippen LogP contribution < -0.4 is 0 Å². The second-order valence-corrected chi connectivity index (χ2v) is 7.49. The van der Waals surface area contributed by atoms with Gasteiger partial charge >= 0.3 is 5.97 Å². The fourth-order valence-corrected chi connectivity index (χ4v) is 4.80. The Bertz CT molecular complexity index is 694. The smallest absolute Gasteiger partial charge is 0.316 e. The molecule has 0 amide bonds. The van der Waals surface area contributed by atoms with Gasteiger partial charge in [0.15, 0.2) is 11.0 Å². The maximum Gasteiger partial charge on any atom is 0.316 e. The predicted octanol–water partition coefficient (Wildman–Crippen LogP) is 3.56. The van der Waals surface area contributed by atoms with E-state index in [9.17, 15) is 4.79 Å². The summed E-state index contributed by atoms with van der Waals surface area (Å²) < 4.78 is 6.85. The van der Waals surface area contributed by atoms with Gasteiger partial charge in [0.05, 0.1) is 12.9 Å². The van der Waals surface area contributed by atoms with E-state index in [4.69, 9.17) is 4.74 Å². The van der Waals surface area contributed by atoms with Crippen LogP contribution in [0.15, 0.2) is 10.5 Å². The van der Waals surface area contributed by atoms with Crippen molar-refractivity contribution in [3.8, 4) is 11.4 Å². The van der Waals surface area contributed by atoms with E-state index in [1.165, 1.54) is 54.1 Å². The van der Waals surface area contributed by atoms with E-state index in [1.807, 2.05) is 11.3 Å². The molecule has 7 heteroatoms. The van der Waals surface area contributed by atoms with Crippen molar-refractivity contribution >= 4 is 29.1 Å². The van der Waals surface area contributed by atoms with E-state index in [0.29, 0.717) is 0 Å². The van der Waals surface area contributed by atoms with Crippen molar-refractivity contribution in [3.05, 3.63) is 15.8 Å². The number of carbonyl (C=O) groups is 1. The van der Waals surface area contributed by atoms with Gasteiger partial charge in [0.25, 0.3) is 0 Å². The largest absolute Gasteiger partial charge is 0.468 e. The van der Waals surface area contributed by atoms with Gasteiger partial charge in [-0.15, -0.1) is 21.5 Å². The zero-order valence-corrected chi connectivity index (χ0v) is 15.1. The molecule has 0 saturated carbocycles. The normalized spacial score (nSPS) is 13.8. The minimum atomic E-state index is -0.240. The molecule has 1 aliphatic rings. The third-order valence-corrected chi connectivity index (χ3v) is 6.04. The molecular formula is C16H21N3O2S2. The molecule has 2 heterocycles. The van der Waals surface area contributed by atoms with Gasteiger partial charge in [0.1, 0.15) is 0 Å². The van der Waals surface area contributed by atoms with Crippen LogP contribution in [0.4, 0.5) is 0 Å². The van der Waals surface area contributed by atoms with E-state index in [1.54, 1.807) is 0 Å². The summed E-state index contributed by atoms with van der Waals surface area (Å²) in [6, 6.07) is 0. The molecule has 124 valence electrons. The molecule has 5 nitrogen and oxygen atoms in total. The number of esters is 1. The molecule has 0 fully saturated rings. The third kappa shape index (κ3) is 3.45. The van der Waals surface area contributed by atoms with Crippen molar-refractivity contribution in [1.82, 2.24) is 14.8 Å². The monoisotopic (exact) mass is 351 g/mol. The quantitative estimate of drug-likeness (QED) is 0.588. The number of rotatable bonds is 6. The maximum absolute atomic E-state index is 11.4. The van der Waals surface area contributed by atoms with Crippen LogP contribution in [0, 0.1) is 0 Å². The van der Waals surface area contributed by atoms with Gasteiger partial charge in [0.2, 0.25) is 0 Å². The summed E-state index contributed by atoms with van der Waals surface area (Å²) in [6.45, 7) is 3.00. The molecular weight excluding hydrogens is 330 g/mol. The molecule has 1 aliphatic carbocycles. The number of hydrogen-bond acceptors (Lipinski definition) is 6. The van der Waals surface area contributed by atoms with Gasteiger partial charge < -0.3 is 9.30 Å². The first-order chi connectivity index (χ1) is 11.2. The highest BCUT2D eigenvalue weighted by Gasteiger charge is 2.22. The highest BCUT2D eigenvalue weighted by molar-refractivity contribution is 7.99. The number of fused-ring (bicyclic) bond motifs is 1. The van der Waals surface area contributed by atoms with Crippen molar-refractivity contribution < 1.29 is 9.53 Å². The van der Waals surface area contributed by atoms with Crippen molar-refractivity contribution in [2.45, 2.75) is 50.7 Å². The Labute approximate surface area is 144 Å². The molecule has 2 aromatic heterocycles. The number of ether oxygens (including phenoxy) is 1. The first-order valence-corrected chi connectivity index (χ1v) is 9.83. The summed E-state index contributed by atoms with van der Waals surface area (Å²) in [5.74, 6) is 0.967. The molecule has 0 aliphatic heterocycles. The molecule has 0 radical (unpaired) electrons. The topological polar surface area (TPSA) is 57.0 Å². The van der Waals surface area contributed by atoms with Crippen LogP contribution >= 0.6 is 23.1 Å². The molecule has 3 rings (SSSR count). The van der Waals surface area contributed by atoms with E-state index in [2.05, 4.69) is 27.1 Å². The first-order valence-electron chi connectivity index (χ1n) is 7.97. The zero-order valence-electron chi connectivity index (χ0n) is 13.5. The van der Waals surface area contributed by atoms with Crippen LogP contribution in [0.5, 0.6) is 0 Å². The van der Waals surface area contributed by atoms with Crippen LogP contribution in [0.2, 0.25) is 0 Å². The first kappa shape index (κ1) is 16.5. The Morgan fingerprint density at radius 2 is 2.22 bits per heavy atom. The average Bonchev–Trinajstić information content (AvgIpc) is 3.17. The van der Waals surface area contributed by atoms with E-state index in [-0.39, 0.29) is 11.7 Å². The summed E-state index contributed by atoms with van der Waals surface area (Å²) in [7, 11) is 1.41. The minimum Gasteiger partial charge on any atom is -0.468 e. The Morgan fingerprint density at radius 1 is 1.39 bits per heavy atom. The van der Waals surface area contributed by atoms with Crippen molar-refractivity contribution in [3.63, 3.8) is 0 Å². The Kier molecular flexibility index (Phi) is 5.38. The van der Waals surface area contributed by atoms with Crippen molar-refractivity contribution in [2.75, 3.05) is 12.9 Å². The van der Waals surface area contributed by atoms with E-state index < -0.39 is 0 Å². The standard InChI is InChI=1S/C16H21N3O2S2/c1-3-8-19-15(17-18-16(19)23-10-14(20)21-2)12-9-22-13-7-5-4-6-11(12)13/h9H,3-8,10H2,1-2H3. The van der Waals surface area contributed by atoms with Crippen LogP contribution in [0.25, 0.3) is 11.4 Å². The third-order valence-electron chi connectivity index (χ3n) is 4.01. The Morgan fingerprint density at radius 3 is 3.00 bits per heavy atom. The number of aromatic nitrogens is 3. The lowest BCUT2D eigenvalue weighted by molar-refractivity contribution is -0.137. The fourth-order valence-electron chi connectivity index (χ4n) is 2.88. The van der Waals surface area contributed by atoms with Gasteiger partial charge in [-0.05, 0) is 37.7 Å². The summed E-state index contributed by atoms with van der Waals surface area (Å²) in [4.78, 5) is 12.9. The maximum atomic E-state index is 11.4. The SMILES string of the molecule is CCCn1c(SCC(=O)OC)nnc1-c1csc2c1CCCC2. The molecule has 0 aromatic carbocycles. The van der Waals surface area contributed by atoms with E-state index in [0.717, 1.165) is 30.4 Å². The van der Waals surface area contributed by atoms with Gasteiger partial charge in [-0.3, -0.25) is 4.79 Å². The second-order valence-electron chi connectivity index (χ2n) is 5.58. The Balaban J connectivity index is 1.91. The molecule has 0 atom stereocenters. The lowest BCUT2D eigenvalue weighted by atomic mass is 9.95. The van der Waals surface area contributed by atoms with Crippen molar-refractivity contribution in [1.29, 1.82) is 0 Å². The number of thiophene rings is 1. The lowest BCUT2D eigenvalue weighted by Gasteiger charge is -2.13. The molecule has 0 unspecified atom stereocenters. The van der Waals surface area contributed by atoms with Gasteiger partial charge in [-0.25, -0.2) is 0 Å². The molecule has 2 aromatic rings. The number of methoxy groups -OCH3 is 1. The lowest BCUT2D eigenvalue weighted by Crippen LogP contribution is -2.07. The van der Waals surface area contributed by atoms with Gasteiger partial charge in [0, 0.05) is 22.4 Å². The van der Waals surface area contributed by atoms with Gasteiger partial charge in [-0.2, -0.15) is 0 Å². The summed E-state index contributed by atoms with van der Waals surface area (Å²) in [5, 5.41) is 11.8. The van der Waals surface area contributed by atoms with Crippen LogP contribution in [0.1, 0.15) is 36.6 Å². The number of thioether (sulfide) groups is 1. The second kappa shape index (κ2) is 7.49. The van der Waals surface area contributed by atoms with E-state index >= 15 is 0 Å². The number of hydrogen-bond donors (Lipinski definition) is 0. The van der Waals surface area contributed by atoms with Gasteiger partial charge in [-0.1, -0.05) is 18.7 Å². The number of aryl methyl sites for hydroxylation is 1. The minimum absolute atomic E-state index is 0.240. The predicted molar refractivity (Wildman–Crippen MR) is 93.0 cm³/mol. The molecule has 0 spiro atoms. The zero-order chi connectivity index (χ0) is 16.2. The average molecular weight is 351 g/mol. The highest BCUT2D eigenvalue weighted by Crippen LogP contribution is 2.36. The summed E-state index contributed by atoms with van der Waals surface area (Å²) in [5.41, 5.74) is 2.69. The molecule has 0 N–H and O–H groups in total. The number of nitrogens with zero attached hydrogens (tertiary/aromatic N) is 3. The van der Waals surface area contributed by atoms with Crippen molar-refractivity contribution in [2.24, 2.45) is 0 Å². The van der Waals surface area contributed by atoms with Crippen LogP contribution in [0.3, 0.4) is 0 Å². The number of carbonyl (C=O) groups excluding carboxylic acids is 1. The van der Waals surface area contributed by atoms with Crippen LogP contribution in [-0.4, -0.2) is 33.6 Å². The summed E-state index contributed by atoms with van der Waals surface area (Å²) in [6.07, 6.45) is 5.87. The Hall–Kier alpha value is -1.34.